The quantitative estimate of drug-likeness (QED) is 0.490. The maximum atomic E-state index is 14.0. The second-order valence-electron chi connectivity index (χ2n) is 5.75. The average Bonchev–Trinajstić information content (AvgIpc) is 2.37. The van der Waals surface area contributed by atoms with Crippen LogP contribution in [-0.4, -0.2) is 41.1 Å². The molecule has 0 spiro atoms. The van der Waals surface area contributed by atoms with Gasteiger partial charge in [0, 0.05) is 0 Å². The zero-order valence-corrected chi connectivity index (χ0v) is 13.6. The predicted molar refractivity (Wildman–Crippen MR) is 81.7 cm³/mol. The molecule has 0 unspecified atom stereocenters. The topological polar surface area (TPSA) is 76.0 Å². The van der Waals surface area contributed by atoms with Crippen LogP contribution >= 0.6 is 11.6 Å². The standard InChI is InChI=1S/C14H19BClFO5/c1-14(2,3)22-13(18)11-9(17)6-5-8(12(11)21-4)7-10(16)15(19)20/h5-6,10,19-20H,7H2,1-4H3/t10-/m1/s1. The second-order valence-corrected chi connectivity index (χ2v) is 6.31. The number of esters is 1. The van der Waals surface area contributed by atoms with Crippen molar-refractivity contribution in [3.8, 4) is 5.75 Å². The minimum Gasteiger partial charge on any atom is -0.495 e. The van der Waals surface area contributed by atoms with Crippen molar-refractivity contribution in [3.05, 3.63) is 29.1 Å². The van der Waals surface area contributed by atoms with Gasteiger partial charge in [0.05, 0.1) is 12.4 Å². The minimum absolute atomic E-state index is 0.0154. The van der Waals surface area contributed by atoms with E-state index < -0.39 is 29.8 Å². The van der Waals surface area contributed by atoms with Gasteiger partial charge in [0.1, 0.15) is 22.7 Å². The number of hydrogen-bond donors (Lipinski definition) is 2. The molecule has 0 amide bonds. The van der Waals surface area contributed by atoms with Crippen LogP contribution in [0, 0.1) is 5.82 Å². The third-order valence-electron chi connectivity index (χ3n) is 2.73. The molecule has 0 bridgehead atoms. The lowest BCUT2D eigenvalue weighted by molar-refractivity contribution is 0.00613. The fraction of sp³-hybridized carbons (Fsp3) is 0.500. The van der Waals surface area contributed by atoms with Gasteiger partial charge in [-0.05, 0) is 38.8 Å². The number of rotatable bonds is 5. The van der Waals surface area contributed by atoms with E-state index in [2.05, 4.69) is 0 Å². The molecule has 2 N–H and O–H groups in total. The van der Waals surface area contributed by atoms with Crippen LogP contribution in [-0.2, 0) is 11.2 Å². The number of methoxy groups -OCH3 is 1. The highest BCUT2D eigenvalue weighted by atomic mass is 35.5. The van der Waals surface area contributed by atoms with E-state index in [-0.39, 0.29) is 17.7 Å². The lowest BCUT2D eigenvalue weighted by Crippen LogP contribution is -2.28. The summed E-state index contributed by atoms with van der Waals surface area (Å²) in [6.07, 6.45) is -0.0154. The van der Waals surface area contributed by atoms with Gasteiger partial charge < -0.3 is 19.5 Å². The third kappa shape index (κ3) is 4.86. The summed E-state index contributed by atoms with van der Waals surface area (Å²) in [6, 6.07) is 2.46. The normalized spacial score (nSPS) is 12.7. The number of benzene rings is 1. The largest absolute Gasteiger partial charge is 0.495 e. The van der Waals surface area contributed by atoms with E-state index in [0.29, 0.717) is 5.56 Å². The van der Waals surface area contributed by atoms with Gasteiger partial charge in [0.25, 0.3) is 0 Å². The monoisotopic (exact) mass is 332 g/mol. The van der Waals surface area contributed by atoms with E-state index in [1.54, 1.807) is 20.8 Å². The van der Waals surface area contributed by atoms with E-state index >= 15 is 0 Å². The van der Waals surface area contributed by atoms with Crippen LogP contribution in [0.1, 0.15) is 36.7 Å². The number of halogens is 2. The minimum atomic E-state index is -1.75. The van der Waals surface area contributed by atoms with Gasteiger partial charge in [-0.25, -0.2) is 9.18 Å². The molecule has 8 heteroatoms. The van der Waals surface area contributed by atoms with Crippen LogP contribution in [0.15, 0.2) is 12.1 Å². The average molecular weight is 333 g/mol. The smallest absolute Gasteiger partial charge is 0.470 e. The molecular formula is C14H19BClFO5. The van der Waals surface area contributed by atoms with E-state index in [9.17, 15) is 9.18 Å². The first-order valence-electron chi connectivity index (χ1n) is 6.65. The summed E-state index contributed by atoms with van der Waals surface area (Å²) in [5.74, 6) is -1.68. The van der Waals surface area contributed by atoms with Crippen LogP contribution in [0.25, 0.3) is 0 Å². The lowest BCUT2D eigenvalue weighted by Gasteiger charge is -2.21. The van der Waals surface area contributed by atoms with Gasteiger partial charge in [0.2, 0.25) is 0 Å². The molecule has 0 heterocycles. The fourth-order valence-corrected chi connectivity index (χ4v) is 2.00. The SMILES string of the molecule is COc1c(C[C@@H](Cl)B(O)O)ccc(F)c1C(=O)OC(C)(C)C. The maximum absolute atomic E-state index is 14.0. The van der Waals surface area contributed by atoms with Gasteiger partial charge in [0.15, 0.2) is 0 Å². The molecule has 5 nitrogen and oxygen atoms in total. The summed E-state index contributed by atoms with van der Waals surface area (Å²) in [4.78, 5) is 12.2. The Morgan fingerprint density at radius 2 is 2.00 bits per heavy atom. The molecule has 1 aromatic rings. The van der Waals surface area contributed by atoms with Crippen molar-refractivity contribution in [2.45, 2.75) is 38.1 Å². The first kappa shape index (κ1) is 18.7. The van der Waals surface area contributed by atoms with Crippen LogP contribution < -0.4 is 4.74 Å². The van der Waals surface area contributed by atoms with Crippen LogP contribution in [0.2, 0.25) is 0 Å². The van der Waals surface area contributed by atoms with Crippen molar-refractivity contribution < 1.29 is 28.7 Å². The molecule has 1 aromatic carbocycles. The summed E-state index contributed by atoms with van der Waals surface area (Å²) in [6.45, 7) is 4.99. The molecule has 0 aliphatic heterocycles. The molecule has 0 saturated heterocycles. The summed E-state index contributed by atoms with van der Waals surface area (Å²) in [7, 11) is -0.466. The number of alkyl halides is 1. The van der Waals surface area contributed by atoms with Crippen LogP contribution in [0.4, 0.5) is 4.39 Å². The number of ether oxygens (including phenoxy) is 2. The number of carbonyl (C=O) groups is 1. The molecule has 0 radical (unpaired) electrons. The summed E-state index contributed by atoms with van der Waals surface area (Å²) >= 11 is 5.79. The lowest BCUT2D eigenvalue weighted by atomic mass is 9.81. The molecule has 0 fully saturated rings. The van der Waals surface area contributed by atoms with Gasteiger partial charge in [-0.15, -0.1) is 11.6 Å². The van der Waals surface area contributed by atoms with Crippen molar-refractivity contribution >= 4 is 24.7 Å². The Morgan fingerprint density at radius 3 is 2.45 bits per heavy atom. The molecule has 22 heavy (non-hydrogen) atoms. The molecule has 0 aliphatic rings. The molecule has 122 valence electrons. The van der Waals surface area contributed by atoms with Crippen molar-refractivity contribution in [1.29, 1.82) is 0 Å². The molecule has 1 atom stereocenters. The van der Waals surface area contributed by atoms with Crippen LogP contribution in [0.5, 0.6) is 5.75 Å². The van der Waals surface area contributed by atoms with E-state index in [1.165, 1.54) is 13.2 Å². The highest BCUT2D eigenvalue weighted by molar-refractivity contribution is 6.57. The van der Waals surface area contributed by atoms with Gasteiger partial charge in [-0.1, -0.05) is 6.07 Å². The highest BCUT2D eigenvalue weighted by Crippen LogP contribution is 2.30. The van der Waals surface area contributed by atoms with Crippen molar-refractivity contribution in [2.75, 3.05) is 7.11 Å². The zero-order valence-electron chi connectivity index (χ0n) is 12.9. The molecule has 0 saturated carbocycles. The van der Waals surface area contributed by atoms with E-state index in [1.807, 2.05) is 0 Å². The van der Waals surface area contributed by atoms with E-state index in [4.69, 9.17) is 31.1 Å². The Kier molecular flexibility index (Phi) is 6.22. The van der Waals surface area contributed by atoms with Gasteiger partial charge in [-0.2, -0.15) is 0 Å². The van der Waals surface area contributed by atoms with Crippen molar-refractivity contribution in [3.63, 3.8) is 0 Å². The van der Waals surface area contributed by atoms with Crippen molar-refractivity contribution in [1.82, 2.24) is 0 Å². The predicted octanol–water partition coefficient (Wildman–Crippen LogP) is 1.95. The first-order valence-corrected chi connectivity index (χ1v) is 7.09. The van der Waals surface area contributed by atoms with Crippen LogP contribution in [0.3, 0.4) is 0 Å². The Labute approximate surface area is 134 Å². The number of carbonyl (C=O) groups excluding carboxylic acids is 1. The zero-order chi connectivity index (χ0) is 17.1. The Morgan fingerprint density at radius 1 is 1.41 bits per heavy atom. The third-order valence-corrected chi connectivity index (χ3v) is 3.11. The summed E-state index contributed by atoms with van der Waals surface area (Å²) < 4.78 is 24.3. The molecule has 0 aromatic heterocycles. The number of hydrogen-bond acceptors (Lipinski definition) is 5. The summed E-state index contributed by atoms with van der Waals surface area (Å²) in [5, 5.41) is 17.1. The molecule has 1 rings (SSSR count). The maximum Gasteiger partial charge on any atom is 0.470 e. The second kappa shape index (κ2) is 7.31. The Balaban J connectivity index is 3.24. The van der Waals surface area contributed by atoms with Gasteiger partial charge >= 0.3 is 13.1 Å². The summed E-state index contributed by atoms with van der Waals surface area (Å²) in [5.41, 5.74) is -0.759. The molecular weight excluding hydrogens is 313 g/mol. The van der Waals surface area contributed by atoms with E-state index in [0.717, 1.165) is 6.07 Å². The highest BCUT2D eigenvalue weighted by Gasteiger charge is 2.28. The fourth-order valence-electron chi connectivity index (χ4n) is 1.83. The van der Waals surface area contributed by atoms with Crippen molar-refractivity contribution in [2.24, 2.45) is 0 Å². The Hall–Kier alpha value is -1.31. The van der Waals surface area contributed by atoms with Gasteiger partial charge in [-0.3, -0.25) is 0 Å². The Bertz CT molecular complexity index is 545. The molecule has 0 aliphatic carbocycles. The first-order chi connectivity index (χ1) is 10.1.